The molecule has 0 aliphatic heterocycles. The lowest BCUT2D eigenvalue weighted by molar-refractivity contribution is 0.102. The van der Waals surface area contributed by atoms with Crippen molar-refractivity contribution in [3.63, 3.8) is 0 Å². The Balaban J connectivity index is 1.77. The average Bonchev–Trinajstić information content (AvgIpc) is 2.88. The number of hydrogen-bond acceptors (Lipinski definition) is 6. The molecule has 0 aliphatic carbocycles. The number of hydrogen-bond donors (Lipinski definition) is 1. The first-order chi connectivity index (χ1) is 12.0. The molecular weight excluding hydrogens is 320 g/mol. The van der Waals surface area contributed by atoms with Gasteiger partial charge in [0, 0.05) is 18.0 Å². The van der Waals surface area contributed by atoms with Crippen molar-refractivity contribution < 1.29 is 9.53 Å². The third-order valence-electron chi connectivity index (χ3n) is 3.82. The topological polar surface area (TPSA) is 94.8 Å². The Morgan fingerprint density at radius 2 is 1.80 bits per heavy atom. The third kappa shape index (κ3) is 3.32. The number of aryl methyl sites for hydroxylation is 2. The second kappa shape index (κ2) is 6.68. The van der Waals surface area contributed by atoms with Crippen LogP contribution in [0.25, 0.3) is 5.95 Å². The summed E-state index contributed by atoms with van der Waals surface area (Å²) in [6.45, 7) is 5.80. The number of nitrogens with zero attached hydrogens (tertiary/aromatic N) is 5. The summed E-state index contributed by atoms with van der Waals surface area (Å²) >= 11 is 0. The van der Waals surface area contributed by atoms with Crippen molar-refractivity contribution >= 4 is 11.6 Å². The lowest BCUT2D eigenvalue weighted by Crippen LogP contribution is -2.13. The Hall–Kier alpha value is -3.29. The second-order valence-electron chi connectivity index (χ2n) is 5.48. The fraction of sp³-hybridized carbons (Fsp3) is 0.235. The minimum absolute atomic E-state index is 0.294. The number of imidazole rings is 1. The van der Waals surface area contributed by atoms with E-state index in [2.05, 4.69) is 25.3 Å². The van der Waals surface area contributed by atoms with Gasteiger partial charge in [-0.3, -0.25) is 9.36 Å². The van der Waals surface area contributed by atoms with Gasteiger partial charge in [0.25, 0.3) is 5.91 Å². The number of ether oxygens (including phenoxy) is 1. The maximum absolute atomic E-state index is 12.2. The Kier molecular flexibility index (Phi) is 4.42. The summed E-state index contributed by atoms with van der Waals surface area (Å²) in [6, 6.07) is 3.26. The number of pyridine rings is 1. The Morgan fingerprint density at radius 3 is 2.32 bits per heavy atom. The Morgan fingerprint density at radius 1 is 1.08 bits per heavy atom. The van der Waals surface area contributed by atoms with Crippen LogP contribution in [0.2, 0.25) is 0 Å². The largest absolute Gasteiger partial charge is 0.481 e. The molecule has 128 valence electrons. The highest BCUT2D eigenvalue weighted by Crippen LogP contribution is 2.15. The van der Waals surface area contributed by atoms with E-state index in [1.807, 2.05) is 25.3 Å². The van der Waals surface area contributed by atoms with Crippen LogP contribution in [0.3, 0.4) is 0 Å². The van der Waals surface area contributed by atoms with Gasteiger partial charge in [0.05, 0.1) is 36.4 Å². The molecule has 0 saturated heterocycles. The molecule has 3 aromatic rings. The van der Waals surface area contributed by atoms with E-state index in [0.29, 0.717) is 23.1 Å². The van der Waals surface area contributed by atoms with E-state index in [9.17, 15) is 4.79 Å². The first-order valence-corrected chi connectivity index (χ1v) is 7.66. The third-order valence-corrected chi connectivity index (χ3v) is 3.82. The van der Waals surface area contributed by atoms with Crippen LogP contribution in [0.1, 0.15) is 27.6 Å². The zero-order valence-corrected chi connectivity index (χ0v) is 14.4. The normalized spacial score (nSPS) is 10.6. The van der Waals surface area contributed by atoms with Crippen LogP contribution in [-0.4, -0.2) is 37.5 Å². The van der Waals surface area contributed by atoms with Crippen LogP contribution >= 0.6 is 0 Å². The number of rotatable bonds is 4. The number of aromatic nitrogens is 5. The molecule has 3 aromatic heterocycles. The van der Waals surface area contributed by atoms with E-state index in [1.165, 1.54) is 13.3 Å². The maximum atomic E-state index is 12.2. The molecule has 0 bridgehead atoms. The van der Waals surface area contributed by atoms with E-state index < -0.39 is 0 Å². The lowest BCUT2D eigenvalue weighted by atomic mass is 10.2. The number of anilines is 1. The minimum atomic E-state index is -0.294. The predicted octanol–water partition coefficient (Wildman–Crippen LogP) is 2.24. The first kappa shape index (κ1) is 16.6. The molecule has 25 heavy (non-hydrogen) atoms. The van der Waals surface area contributed by atoms with Crippen LogP contribution < -0.4 is 10.1 Å². The van der Waals surface area contributed by atoms with E-state index >= 15 is 0 Å². The average molecular weight is 338 g/mol. The smallest absolute Gasteiger partial charge is 0.257 e. The molecule has 8 heteroatoms. The maximum Gasteiger partial charge on any atom is 0.257 e. The number of carbonyl (C=O) groups excluding carboxylic acids is 1. The van der Waals surface area contributed by atoms with Gasteiger partial charge in [-0.2, -0.15) is 0 Å². The number of carbonyl (C=O) groups is 1. The van der Waals surface area contributed by atoms with Crippen molar-refractivity contribution in [1.82, 2.24) is 24.5 Å². The predicted molar refractivity (Wildman–Crippen MR) is 92.1 cm³/mol. The number of nitrogens with one attached hydrogen (secondary N) is 1. The minimum Gasteiger partial charge on any atom is -0.481 e. The molecule has 3 rings (SSSR count). The fourth-order valence-corrected chi connectivity index (χ4v) is 2.41. The van der Waals surface area contributed by atoms with E-state index in [0.717, 1.165) is 17.2 Å². The van der Waals surface area contributed by atoms with Crippen molar-refractivity contribution in [2.75, 3.05) is 12.4 Å². The van der Waals surface area contributed by atoms with Crippen molar-refractivity contribution in [3.8, 4) is 11.8 Å². The SMILES string of the molecule is COc1ccc(C(=O)Nc2cnc(-n3c(C)nc(C)c3C)nc2)cn1. The summed E-state index contributed by atoms with van der Waals surface area (Å²) in [6.07, 6.45) is 4.57. The summed E-state index contributed by atoms with van der Waals surface area (Å²) in [7, 11) is 1.52. The Labute approximate surface area is 144 Å². The summed E-state index contributed by atoms with van der Waals surface area (Å²) in [4.78, 5) is 29.3. The van der Waals surface area contributed by atoms with Gasteiger partial charge in [-0.1, -0.05) is 0 Å². The van der Waals surface area contributed by atoms with Crippen molar-refractivity contribution in [3.05, 3.63) is 53.5 Å². The molecule has 0 aromatic carbocycles. The quantitative estimate of drug-likeness (QED) is 0.784. The standard InChI is InChI=1S/C17H18N6O2/c1-10-11(2)23(12(3)21-10)17-19-8-14(9-20-17)22-16(24)13-5-6-15(25-4)18-7-13/h5-9H,1-4H3,(H,22,24). The van der Waals surface area contributed by atoms with Crippen molar-refractivity contribution in [2.45, 2.75) is 20.8 Å². The van der Waals surface area contributed by atoms with Crippen LogP contribution in [0.4, 0.5) is 5.69 Å². The van der Waals surface area contributed by atoms with Gasteiger partial charge in [0.2, 0.25) is 11.8 Å². The van der Waals surface area contributed by atoms with Gasteiger partial charge >= 0.3 is 0 Å². The molecule has 0 spiro atoms. The Bertz CT molecular complexity index is 900. The van der Waals surface area contributed by atoms with Crippen LogP contribution in [0.15, 0.2) is 30.7 Å². The van der Waals surface area contributed by atoms with Gasteiger partial charge in [-0.25, -0.2) is 19.9 Å². The van der Waals surface area contributed by atoms with Crippen LogP contribution in [0.5, 0.6) is 5.88 Å². The van der Waals surface area contributed by atoms with Gasteiger partial charge in [0.15, 0.2) is 0 Å². The van der Waals surface area contributed by atoms with E-state index in [4.69, 9.17) is 4.74 Å². The van der Waals surface area contributed by atoms with E-state index in [1.54, 1.807) is 24.5 Å². The molecule has 0 saturated carbocycles. The summed E-state index contributed by atoms with van der Waals surface area (Å²) in [5, 5.41) is 2.74. The fourth-order valence-electron chi connectivity index (χ4n) is 2.41. The molecule has 1 amide bonds. The summed E-state index contributed by atoms with van der Waals surface area (Å²) in [5.41, 5.74) is 2.84. The molecule has 0 radical (unpaired) electrons. The molecular formula is C17H18N6O2. The molecule has 0 unspecified atom stereocenters. The molecule has 3 heterocycles. The zero-order valence-electron chi connectivity index (χ0n) is 14.4. The first-order valence-electron chi connectivity index (χ1n) is 7.66. The zero-order chi connectivity index (χ0) is 18.0. The van der Waals surface area contributed by atoms with Crippen molar-refractivity contribution in [1.29, 1.82) is 0 Å². The van der Waals surface area contributed by atoms with E-state index in [-0.39, 0.29) is 5.91 Å². The monoisotopic (exact) mass is 338 g/mol. The van der Waals surface area contributed by atoms with Gasteiger partial charge in [-0.05, 0) is 26.8 Å². The molecule has 1 N–H and O–H groups in total. The van der Waals surface area contributed by atoms with Gasteiger partial charge in [-0.15, -0.1) is 0 Å². The lowest BCUT2D eigenvalue weighted by Gasteiger charge is -2.08. The van der Waals surface area contributed by atoms with Crippen LogP contribution in [-0.2, 0) is 0 Å². The highest BCUT2D eigenvalue weighted by molar-refractivity contribution is 6.03. The van der Waals surface area contributed by atoms with Crippen molar-refractivity contribution in [2.24, 2.45) is 0 Å². The van der Waals surface area contributed by atoms with Crippen LogP contribution in [0, 0.1) is 20.8 Å². The van der Waals surface area contributed by atoms with Gasteiger partial charge < -0.3 is 10.1 Å². The van der Waals surface area contributed by atoms with Gasteiger partial charge in [0.1, 0.15) is 5.82 Å². The molecule has 0 aliphatic rings. The highest BCUT2D eigenvalue weighted by Gasteiger charge is 2.12. The second-order valence-corrected chi connectivity index (χ2v) is 5.48. The summed E-state index contributed by atoms with van der Waals surface area (Å²) < 4.78 is 6.84. The number of amides is 1. The number of methoxy groups -OCH3 is 1. The molecule has 0 atom stereocenters. The molecule has 8 nitrogen and oxygen atoms in total. The molecule has 0 fully saturated rings. The highest BCUT2D eigenvalue weighted by atomic mass is 16.5. The summed E-state index contributed by atoms with van der Waals surface area (Å²) in [5.74, 6) is 1.48.